The van der Waals surface area contributed by atoms with Crippen molar-refractivity contribution >= 4 is 35.6 Å². The number of aliphatic hydroxyl groups is 1. The molecule has 2 aromatic carbocycles. The van der Waals surface area contributed by atoms with Crippen molar-refractivity contribution in [2.45, 2.75) is 43.6 Å². The zero-order valence-electron chi connectivity index (χ0n) is 16.8. The van der Waals surface area contributed by atoms with Gasteiger partial charge in [0.1, 0.15) is 0 Å². The summed E-state index contributed by atoms with van der Waals surface area (Å²) in [6.07, 6.45) is 5.46. The van der Waals surface area contributed by atoms with E-state index >= 15 is 0 Å². The fourth-order valence-electron chi connectivity index (χ4n) is 4.81. The van der Waals surface area contributed by atoms with E-state index in [9.17, 15) is 5.11 Å². The van der Waals surface area contributed by atoms with E-state index < -0.39 is 5.60 Å². The number of rotatable bonds is 4. The number of piperazine rings is 1. The summed E-state index contributed by atoms with van der Waals surface area (Å²) in [6.45, 7) is 5.45. The summed E-state index contributed by atoms with van der Waals surface area (Å²) in [6, 6.07) is 15.4. The van der Waals surface area contributed by atoms with E-state index in [1.54, 1.807) is 0 Å². The van der Waals surface area contributed by atoms with Gasteiger partial charge in [0, 0.05) is 38.6 Å². The van der Waals surface area contributed by atoms with Crippen molar-refractivity contribution in [3.8, 4) is 0 Å². The zero-order chi connectivity index (χ0) is 18.0. The molecular formula is C23H34Cl2N2O. The van der Waals surface area contributed by atoms with Crippen molar-refractivity contribution in [2.24, 2.45) is 0 Å². The lowest BCUT2D eigenvalue weighted by atomic mass is 9.72. The van der Waals surface area contributed by atoms with E-state index in [2.05, 4.69) is 59.3 Å². The maximum Gasteiger partial charge on any atom is 0.0728 e. The van der Waals surface area contributed by atoms with Crippen molar-refractivity contribution in [3.05, 3.63) is 48.0 Å². The number of hydrogen-bond acceptors (Lipinski definition) is 3. The minimum atomic E-state index is -0.552. The number of hydrogen-bond donors (Lipinski definition) is 1. The van der Waals surface area contributed by atoms with E-state index in [0.29, 0.717) is 0 Å². The van der Waals surface area contributed by atoms with E-state index in [1.165, 1.54) is 22.8 Å². The van der Waals surface area contributed by atoms with E-state index in [4.69, 9.17) is 0 Å². The summed E-state index contributed by atoms with van der Waals surface area (Å²) < 4.78 is 0. The summed E-state index contributed by atoms with van der Waals surface area (Å²) >= 11 is 0. The molecule has 28 heavy (non-hydrogen) atoms. The molecule has 1 aliphatic carbocycles. The first kappa shape index (κ1) is 23.4. The Morgan fingerprint density at radius 3 is 2.21 bits per heavy atom. The van der Waals surface area contributed by atoms with Crippen LogP contribution in [0.2, 0.25) is 0 Å². The first-order chi connectivity index (χ1) is 12.6. The average Bonchev–Trinajstić information content (AvgIpc) is 2.67. The Bertz CT molecular complexity index is 740. The van der Waals surface area contributed by atoms with Crippen LogP contribution in [0.1, 0.15) is 43.6 Å². The summed E-state index contributed by atoms with van der Waals surface area (Å²) in [4.78, 5) is 4.96. The molecule has 0 amide bonds. The van der Waals surface area contributed by atoms with Gasteiger partial charge in [0.15, 0.2) is 0 Å². The lowest BCUT2D eigenvalue weighted by Gasteiger charge is -2.43. The smallest absolute Gasteiger partial charge is 0.0728 e. The first-order valence-corrected chi connectivity index (χ1v) is 10.3. The molecule has 5 heteroatoms. The molecule has 2 aromatic rings. The van der Waals surface area contributed by atoms with E-state index in [0.717, 1.165) is 58.4 Å². The van der Waals surface area contributed by atoms with Gasteiger partial charge in [0.25, 0.3) is 0 Å². The number of likely N-dealkylation sites (N-methyl/N-ethyl adjacent to an activating group) is 1. The quantitative estimate of drug-likeness (QED) is 0.769. The molecule has 4 rings (SSSR count). The van der Waals surface area contributed by atoms with Crippen molar-refractivity contribution in [3.63, 3.8) is 0 Å². The summed E-state index contributed by atoms with van der Waals surface area (Å²) in [5.41, 5.74) is 0.761. The van der Waals surface area contributed by atoms with Crippen LogP contribution in [0, 0.1) is 0 Å². The number of nitrogens with zero attached hydrogens (tertiary/aromatic N) is 2. The van der Waals surface area contributed by atoms with Gasteiger partial charge < -0.3 is 14.9 Å². The molecule has 0 spiro atoms. The molecule has 156 valence electrons. The minimum Gasteiger partial charge on any atom is -0.389 e. The number of fused-ring (bicyclic) bond motifs is 1. The van der Waals surface area contributed by atoms with Gasteiger partial charge in [-0.15, -0.1) is 24.8 Å². The van der Waals surface area contributed by atoms with Crippen LogP contribution in [0.5, 0.6) is 0 Å². The predicted molar refractivity (Wildman–Crippen MR) is 123 cm³/mol. The molecule has 0 bridgehead atoms. The molecule has 1 saturated carbocycles. The van der Waals surface area contributed by atoms with Gasteiger partial charge in [-0.1, -0.05) is 61.7 Å². The lowest BCUT2D eigenvalue weighted by molar-refractivity contribution is -0.0336. The molecule has 2 aliphatic rings. The third-order valence-corrected chi connectivity index (χ3v) is 6.58. The SMILES string of the molecule is CN1CCN(CC(c2ccc3ccccc3c2)C2(O)CCCCC2)CC1.Cl.Cl. The fourth-order valence-corrected chi connectivity index (χ4v) is 4.81. The minimum absolute atomic E-state index is 0. The molecule has 0 aromatic heterocycles. The highest BCUT2D eigenvalue weighted by molar-refractivity contribution is 5.85. The Morgan fingerprint density at radius 2 is 1.54 bits per heavy atom. The maximum atomic E-state index is 11.6. The van der Waals surface area contributed by atoms with Gasteiger partial charge in [-0.2, -0.15) is 0 Å². The molecule has 3 nitrogen and oxygen atoms in total. The molecule has 1 unspecified atom stereocenters. The third kappa shape index (κ3) is 5.20. The molecule has 0 radical (unpaired) electrons. The first-order valence-electron chi connectivity index (χ1n) is 10.3. The van der Waals surface area contributed by atoms with Crippen molar-refractivity contribution in [1.29, 1.82) is 0 Å². The van der Waals surface area contributed by atoms with Crippen molar-refractivity contribution < 1.29 is 5.11 Å². The molecule has 1 atom stereocenters. The monoisotopic (exact) mass is 424 g/mol. The zero-order valence-corrected chi connectivity index (χ0v) is 18.5. The Labute approximate surface area is 181 Å². The largest absolute Gasteiger partial charge is 0.389 e. The highest BCUT2D eigenvalue weighted by atomic mass is 35.5. The molecule has 1 N–H and O–H groups in total. The van der Waals surface area contributed by atoms with Gasteiger partial charge in [0.2, 0.25) is 0 Å². The van der Waals surface area contributed by atoms with Gasteiger partial charge in [0.05, 0.1) is 5.60 Å². The van der Waals surface area contributed by atoms with Crippen molar-refractivity contribution in [2.75, 3.05) is 39.8 Å². The van der Waals surface area contributed by atoms with Gasteiger partial charge in [-0.3, -0.25) is 0 Å². The van der Waals surface area contributed by atoms with Crippen LogP contribution in [0.3, 0.4) is 0 Å². The van der Waals surface area contributed by atoms with Crippen LogP contribution < -0.4 is 0 Å². The number of benzene rings is 2. The third-order valence-electron chi connectivity index (χ3n) is 6.58. The van der Waals surface area contributed by atoms with Gasteiger partial charge >= 0.3 is 0 Å². The predicted octanol–water partition coefficient (Wildman–Crippen LogP) is 4.71. The van der Waals surface area contributed by atoms with Crippen LogP contribution in [0.25, 0.3) is 10.8 Å². The van der Waals surface area contributed by atoms with Crippen molar-refractivity contribution in [1.82, 2.24) is 9.80 Å². The highest BCUT2D eigenvalue weighted by Gasteiger charge is 2.39. The van der Waals surface area contributed by atoms with Crippen LogP contribution in [-0.2, 0) is 0 Å². The molecule has 1 heterocycles. The lowest BCUT2D eigenvalue weighted by Crippen LogP contribution is -2.50. The normalized spacial score (nSPS) is 21.5. The van der Waals surface area contributed by atoms with E-state index in [-0.39, 0.29) is 30.7 Å². The second kappa shape index (κ2) is 10.3. The highest BCUT2D eigenvalue weighted by Crippen LogP contribution is 2.41. The van der Waals surface area contributed by atoms with Gasteiger partial charge in [-0.25, -0.2) is 0 Å². The summed E-state index contributed by atoms with van der Waals surface area (Å²) in [5, 5.41) is 14.2. The molecule has 1 saturated heterocycles. The van der Waals surface area contributed by atoms with Crippen LogP contribution in [0.4, 0.5) is 0 Å². The van der Waals surface area contributed by atoms with Crippen LogP contribution >= 0.6 is 24.8 Å². The molecule has 1 aliphatic heterocycles. The summed E-state index contributed by atoms with van der Waals surface area (Å²) in [5.74, 6) is 0.204. The Morgan fingerprint density at radius 1 is 0.893 bits per heavy atom. The standard InChI is InChI=1S/C23H32N2O.2ClH/c1-24-13-15-25(16-14-24)18-22(23(26)11-5-2-6-12-23)21-10-9-19-7-3-4-8-20(19)17-21;;/h3-4,7-10,17,22,26H,2,5-6,11-16,18H2,1H3;2*1H. The fraction of sp³-hybridized carbons (Fsp3) is 0.565. The van der Waals surface area contributed by atoms with Crippen LogP contribution in [0.15, 0.2) is 42.5 Å². The molecule has 2 fully saturated rings. The van der Waals surface area contributed by atoms with Crippen LogP contribution in [-0.4, -0.2) is 60.3 Å². The summed E-state index contributed by atoms with van der Waals surface area (Å²) in [7, 11) is 2.20. The Hall–Kier alpha value is -0.840. The molecular weight excluding hydrogens is 391 g/mol. The Balaban J connectivity index is 0.00000140. The average molecular weight is 425 g/mol. The Kier molecular flexibility index (Phi) is 8.60. The topological polar surface area (TPSA) is 26.7 Å². The van der Waals surface area contributed by atoms with E-state index in [1.807, 2.05) is 0 Å². The second-order valence-electron chi connectivity index (χ2n) is 8.43. The maximum absolute atomic E-state index is 11.6. The number of halogens is 2. The second-order valence-corrected chi connectivity index (χ2v) is 8.43. The van der Waals surface area contributed by atoms with Gasteiger partial charge in [-0.05, 0) is 36.2 Å².